The van der Waals surface area contributed by atoms with Crippen LogP contribution in [0.15, 0.2) is 65.8 Å². The van der Waals surface area contributed by atoms with E-state index < -0.39 is 10.0 Å². The molecule has 1 aromatic carbocycles. The second-order valence-electron chi connectivity index (χ2n) is 5.28. The van der Waals surface area contributed by atoms with E-state index in [1.54, 1.807) is 54.3 Å². The van der Waals surface area contributed by atoms with Gasteiger partial charge in [-0.25, -0.2) is 22.1 Å². The number of hydrogen-bond acceptors (Lipinski definition) is 5. The molecule has 120 valence electrons. The smallest absolute Gasteiger partial charge is 0.246 e. The van der Waals surface area contributed by atoms with Gasteiger partial charge >= 0.3 is 0 Å². The molecule has 0 bridgehead atoms. The molecular formula is C16H13N5O2S. The third kappa shape index (κ3) is 2.19. The zero-order valence-corrected chi connectivity index (χ0v) is 13.6. The van der Waals surface area contributed by atoms with E-state index in [2.05, 4.69) is 15.3 Å². The molecule has 0 amide bonds. The molecule has 0 aliphatic carbocycles. The molecule has 24 heavy (non-hydrogen) atoms. The number of benzene rings is 1. The summed E-state index contributed by atoms with van der Waals surface area (Å²) in [4.78, 5) is 4.73. The number of aromatic nitrogens is 5. The highest BCUT2D eigenvalue weighted by Gasteiger charge is 2.20. The van der Waals surface area contributed by atoms with Gasteiger partial charge in [0.25, 0.3) is 10.0 Å². The lowest BCUT2D eigenvalue weighted by Gasteiger charge is -2.08. The maximum atomic E-state index is 12.9. The molecule has 0 aliphatic rings. The van der Waals surface area contributed by atoms with Crippen LogP contribution in [0.5, 0.6) is 0 Å². The Morgan fingerprint density at radius 2 is 1.79 bits per heavy atom. The fourth-order valence-electron chi connectivity index (χ4n) is 2.55. The van der Waals surface area contributed by atoms with Gasteiger partial charge in [-0.1, -0.05) is 23.4 Å². The molecule has 4 aromatic rings. The van der Waals surface area contributed by atoms with E-state index in [0.29, 0.717) is 17.0 Å². The fourth-order valence-corrected chi connectivity index (χ4v) is 3.87. The van der Waals surface area contributed by atoms with Crippen molar-refractivity contribution in [2.75, 3.05) is 0 Å². The van der Waals surface area contributed by atoms with Crippen LogP contribution in [0.2, 0.25) is 0 Å². The Morgan fingerprint density at radius 1 is 1.00 bits per heavy atom. The Balaban J connectivity index is 1.93. The molecule has 3 aromatic heterocycles. The second kappa shape index (κ2) is 5.27. The highest BCUT2D eigenvalue weighted by atomic mass is 32.2. The average Bonchev–Trinajstić information content (AvgIpc) is 3.21. The first kappa shape index (κ1) is 14.6. The highest BCUT2D eigenvalue weighted by Crippen LogP contribution is 2.24. The molecule has 0 spiro atoms. The first-order valence-electron chi connectivity index (χ1n) is 7.21. The van der Waals surface area contributed by atoms with Crippen LogP contribution in [0.3, 0.4) is 0 Å². The summed E-state index contributed by atoms with van der Waals surface area (Å²) < 4.78 is 28.5. The van der Waals surface area contributed by atoms with E-state index in [0.717, 1.165) is 5.39 Å². The Morgan fingerprint density at radius 3 is 2.50 bits per heavy atom. The number of pyridine rings is 1. The Bertz CT molecular complexity index is 1130. The largest absolute Gasteiger partial charge is 0.269 e. The van der Waals surface area contributed by atoms with Crippen LogP contribution in [0, 0.1) is 0 Å². The van der Waals surface area contributed by atoms with Crippen LogP contribution in [0.25, 0.3) is 22.4 Å². The minimum Gasteiger partial charge on any atom is -0.246 e. The molecule has 0 unspecified atom stereocenters. The van der Waals surface area contributed by atoms with E-state index >= 15 is 0 Å². The van der Waals surface area contributed by atoms with Crippen molar-refractivity contribution in [2.45, 2.75) is 4.90 Å². The van der Waals surface area contributed by atoms with Crippen LogP contribution >= 0.6 is 0 Å². The number of aryl methyl sites for hydroxylation is 1. The van der Waals surface area contributed by atoms with E-state index in [1.807, 2.05) is 12.1 Å². The zero-order valence-electron chi connectivity index (χ0n) is 12.7. The Kier molecular flexibility index (Phi) is 3.20. The molecule has 0 atom stereocenters. The van der Waals surface area contributed by atoms with Gasteiger partial charge in [0.2, 0.25) is 0 Å². The SMILES string of the molecule is Cn1nncc1-c1ccc2ccn(S(=O)(=O)c3ccccc3)c2n1. The van der Waals surface area contributed by atoms with Crippen LogP contribution in [-0.2, 0) is 17.1 Å². The first-order chi connectivity index (χ1) is 11.6. The standard InChI is InChI=1S/C16H13N5O2S/c1-20-15(11-17-19-20)14-8-7-12-9-10-21(16(12)18-14)24(22,23)13-5-3-2-4-6-13/h2-11H,1H3. The van der Waals surface area contributed by atoms with Crippen molar-refractivity contribution < 1.29 is 8.42 Å². The average molecular weight is 339 g/mol. The summed E-state index contributed by atoms with van der Waals surface area (Å²) >= 11 is 0. The van der Waals surface area contributed by atoms with Crippen molar-refractivity contribution in [3.05, 3.63) is 60.9 Å². The third-order valence-corrected chi connectivity index (χ3v) is 5.46. The quantitative estimate of drug-likeness (QED) is 0.570. The van der Waals surface area contributed by atoms with Gasteiger partial charge in [0.15, 0.2) is 5.65 Å². The van der Waals surface area contributed by atoms with Gasteiger partial charge in [0, 0.05) is 18.6 Å². The van der Waals surface area contributed by atoms with Gasteiger partial charge in [0.1, 0.15) is 5.69 Å². The third-order valence-electron chi connectivity index (χ3n) is 3.78. The van der Waals surface area contributed by atoms with E-state index in [1.165, 1.54) is 10.2 Å². The molecule has 0 radical (unpaired) electrons. The van der Waals surface area contributed by atoms with Crippen LogP contribution < -0.4 is 0 Å². The molecule has 0 aliphatic heterocycles. The topological polar surface area (TPSA) is 82.7 Å². The molecular weight excluding hydrogens is 326 g/mol. The highest BCUT2D eigenvalue weighted by molar-refractivity contribution is 7.90. The molecule has 3 heterocycles. The van der Waals surface area contributed by atoms with Crippen molar-refractivity contribution in [2.24, 2.45) is 7.05 Å². The van der Waals surface area contributed by atoms with Gasteiger partial charge in [0.05, 0.1) is 16.8 Å². The van der Waals surface area contributed by atoms with E-state index in [-0.39, 0.29) is 4.90 Å². The minimum atomic E-state index is -3.70. The van der Waals surface area contributed by atoms with Gasteiger partial charge in [-0.05, 0) is 30.3 Å². The maximum Gasteiger partial charge on any atom is 0.269 e. The molecule has 4 rings (SSSR count). The van der Waals surface area contributed by atoms with Gasteiger partial charge in [-0.3, -0.25) is 0 Å². The molecule has 0 fully saturated rings. The molecule has 0 N–H and O–H groups in total. The fraction of sp³-hybridized carbons (Fsp3) is 0.0625. The summed E-state index contributed by atoms with van der Waals surface area (Å²) in [6, 6.07) is 13.7. The first-order valence-corrected chi connectivity index (χ1v) is 8.65. The summed E-state index contributed by atoms with van der Waals surface area (Å²) in [5.74, 6) is 0. The lowest BCUT2D eigenvalue weighted by atomic mass is 10.2. The van der Waals surface area contributed by atoms with Gasteiger partial charge in [-0.15, -0.1) is 5.10 Å². The van der Waals surface area contributed by atoms with Crippen molar-refractivity contribution in [1.29, 1.82) is 0 Å². The number of fused-ring (bicyclic) bond motifs is 1. The van der Waals surface area contributed by atoms with Crippen LogP contribution in [-0.4, -0.2) is 32.4 Å². The zero-order chi connectivity index (χ0) is 16.7. The predicted molar refractivity (Wildman–Crippen MR) is 88.8 cm³/mol. The van der Waals surface area contributed by atoms with Crippen LogP contribution in [0.4, 0.5) is 0 Å². The Hall–Kier alpha value is -3.00. The lowest BCUT2D eigenvalue weighted by Crippen LogP contribution is -2.12. The van der Waals surface area contributed by atoms with Gasteiger partial charge < -0.3 is 0 Å². The van der Waals surface area contributed by atoms with Gasteiger partial charge in [-0.2, -0.15) is 0 Å². The Labute approximate surface area is 138 Å². The summed E-state index contributed by atoms with van der Waals surface area (Å²) in [7, 11) is -1.94. The van der Waals surface area contributed by atoms with Crippen molar-refractivity contribution in [3.63, 3.8) is 0 Å². The van der Waals surface area contributed by atoms with E-state index in [9.17, 15) is 8.42 Å². The monoisotopic (exact) mass is 339 g/mol. The maximum absolute atomic E-state index is 12.9. The number of hydrogen-bond donors (Lipinski definition) is 0. The number of nitrogens with zero attached hydrogens (tertiary/aromatic N) is 5. The molecule has 8 heteroatoms. The molecule has 0 saturated carbocycles. The van der Waals surface area contributed by atoms with Crippen LogP contribution in [0.1, 0.15) is 0 Å². The lowest BCUT2D eigenvalue weighted by molar-refractivity contribution is 0.589. The normalized spacial score (nSPS) is 11.9. The van der Waals surface area contributed by atoms with E-state index in [4.69, 9.17) is 0 Å². The molecule has 0 saturated heterocycles. The summed E-state index contributed by atoms with van der Waals surface area (Å²) in [5.41, 5.74) is 1.69. The predicted octanol–water partition coefficient (Wildman–Crippen LogP) is 2.07. The summed E-state index contributed by atoms with van der Waals surface area (Å²) in [6.07, 6.45) is 3.11. The summed E-state index contributed by atoms with van der Waals surface area (Å²) in [6.45, 7) is 0. The van der Waals surface area contributed by atoms with Crippen molar-refractivity contribution >= 4 is 21.1 Å². The minimum absolute atomic E-state index is 0.219. The van der Waals surface area contributed by atoms with Crippen molar-refractivity contribution in [1.82, 2.24) is 24.0 Å². The summed E-state index contributed by atoms with van der Waals surface area (Å²) in [5, 5.41) is 8.46. The number of rotatable bonds is 3. The van der Waals surface area contributed by atoms with Crippen molar-refractivity contribution in [3.8, 4) is 11.4 Å². The molecule has 7 nitrogen and oxygen atoms in total. The second-order valence-corrected chi connectivity index (χ2v) is 7.10.